The Labute approximate surface area is 125 Å². The number of nitrogens with one attached hydrogen (secondary N) is 1. The summed E-state index contributed by atoms with van der Waals surface area (Å²) < 4.78 is 18.8. The maximum absolute atomic E-state index is 13.9. The highest BCUT2D eigenvalue weighted by atomic mass is 35.5. The number of carbonyl (C=O) groups excluding carboxylic acids is 1. The normalized spacial score (nSPS) is 9.86. The van der Waals surface area contributed by atoms with E-state index in [9.17, 15) is 9.18 Å². The number of carbonyl (C=O) groups is 1. The van der Waals surface area contributed by atoms with Crippen LogP contribution in [0.25, 0.3) is 0 Å². The second-order valence-corrected chi connectivity index (χ2v) is 4.40. The first-order valence-electron chi connectivity index (χ1n) is 6.06. The van der Waals surface area contributed by atoms with Crippen LogP contribution in [0.15, 0.2) is 34.7 Å². The van der Waals surface area contributed by atoms with Gasteiger partial charge in [-0.05, 0) is 41.9 Å². The van der Waals surface area contributed by atoms with Gasteiger partial charge in [0.15, 0.2) is 11.0 Å². The molecule has 0 aliphatic carbocycles. The van der Waals surface area contributed by atoms with Crippen molar-refractivity contribution in [3.63, 3.8) is 0 Å². The molecule has 1 heterocycles. The van der Waals surface area contributed by atoms with E-state index in [0.29, 0.717) is 12.0 Å². The van der Waals surface area contributed by atoms with Crippen molar-refractivity contribution in [2.45, 2.75) is 6.42 Å². The van der Waals surface area contributed by atoms with Crippen molar-refractivity contribution in [3.8, 4) is 11.8 Å². The number of benzene rings is 1. The molecular formula is C15H11ClFNO3. The fraction of sp³-hybridized carbons (Fsp3) is 0.133. The molecule has 0 saturated heterocycles. The lowest BCUT2D eigenvalue weighted by Crippen LogP contribution is -2.12. The van der Waals surface area contributed by atoms with Crippen LogP contribution in [0.1, 0.15) is 22.5 Å². The zero-order chi connectivity index (χ0) is 15.2. The van der Waals surface area contributed by atoms with E-state index in [1.807, 2.05) is 0 Å². The molecule has 6 heteroatoms. The Morgan fingerprint density at radius 2 is 2.19 bits per heavy atom. The van der Waals surface area contributed by atoms with E-state index < -0.39 is 11.7 Å². The summed E-state index contributed by atoms with van der Waals surface area (Å²) in [6.07, 6.45) is 0.319. The van der Waals surface area contributed by atoms with Gasteiger partial charge in [-0.2, -0.15) is 0 Å². The number of amides is 1. The summed E-state index contributed by atoms with van der Waals surface area (Å²) in [4.78, 5) is 11.8. The van der Waals surface area contributed by atoms with Gasteiger partial charge in [-0.3, -0.25) is 4.79 Å². The third-order valence-corrected chi connectivity index (χ3v) is 2.69. The molecule has 0 aliphatic rings. The summed E-state index contributed by atoms with van der Waals surface area (Å²) >= 11 is 5.57. The lowest BCUT2D eigenvalue weighted by molar-refractivity contribution is 0.0996. The minimum atomic E-state index is -0.614. The number of aliphatic hydroxyl groups is 1. The van der Waals surface area contributed by atoms with E-state index >= 15 is 0 Å². The average Bonchev–Trinajstić information content (AvgIpc) is 2.89. The average molecular weight is 308 g/mol. The van der Waals surface area contributed by atoms with Gasteiger partial charge in [0.05, 0.1) is 12.3 Å². The third-order valence-electron chi connectivity index (χ3n) is 2.48. The van der Waals surface area contributed by atoms with Crippen LogP contribution < -0.4 is 5.32 Å². The van der Waals surface area contributed by atoms with Gasteiger partial charge < -0.3 is 14.8 Å². The highest BCUT2D eigenvalue weighted by Crippen LogP contribution is 2.18. The van der Waals surface area contributed by atoms with Crippen LogP contribution >= 0.6 is 11.6 Å². The molecule has 0 spiro atoms. The Bertz CT molecular complexity index is 715. The van der Waals surface area contributed by atoms with Crippen molar-refractivity contribution in [2.24, 2.45) is 0 Å². The molecule has 1 amide bonds. The highest BCUT2D eigenvalue weighted by molar-refractivity contribution is 6.29. The number of furan rings is 1. The maximum atomic E-state index is 13.9. The first kappa shape index (κ1) is 15.1. The van der Waals surface area contributed by atoms with Gasteiger partial charge in [-0.15, -0.1) is 0 Å². The molecular weight excluding hydrogens is 297 g/mol. The lowest BCUT2D eigenvalue weighted by Gasteiger charge is -2.04. The van der Waals surface area contributed by atoms with Crippen LogP contribution in [-0.2, 0) is 0 Å². The van der Waals surface area contributed by atoms with Gasteiger partial charge >= 0.3 is 0 Å². The summed E-state index contributed by atoms with van der Waals surface area (Å²) in [5.41, 5.74) is 0.472. The van der Waals surface area contributed by atoms with Crippen molar-refractivity contribution < 1.29 is 18.7 Å². The van der Waals surface area contributed by atoms with Gasteiger partial charge in [0.2, 0.25) is 0 Å². The van der Waals surface area contributed by atoms with Crippen LogP contribution in [-0.4, -0.2) is 17.6 Å². The number of aliphatic hydroxyl groups excluding tert-OH is 1. The third kappa shape index (κ3) is 4.09. The van der Waals surface area contributed by atoms with Gasteiger partial charge in [-0.25, -0.2) is 4.39 Å². The predicted molar refractivity (Wildman–Crippen MR) is 76.7 cm³/mol. The van der Waals surface area contributed by atoms with Crippen LogP contribution in [0.4, 0.5) is 10.1 Å². The van der Waals surface area contributed by atoms with Crippen LogP contribution in [0.5, 0.6) is 0 Å². The molecule has 0 aliphatic heterocycles. The van der Waals surface area contributed by atoms with E-state index in [1.54, 1.807) is 6.07 Å². The Hall–Kier alpha value is -2.29. The monoisotopic (exact) mass is 307 g/mol. The molecule has 108 valence electrons. The summed E-state index contributed by atoms with van der Waals surface area (Å²) in [6.45, 7) is -0.0463. The smallest absolute Gasteiger partial charge is 0.291 e. The number of hydrogen-bond donors (Lipinski definition) is 2. The first-order chi connectivity index (χ1) is 10.1. The fourth-order valence-corrected chi connectivity index (χ4v) is 1.68. The SMILES string of the molecule is O=C(Nc1ccc(C#CCCO)cc1F)c1ccc(Cl)o1. The van der Waals surface area contributed by atoms with Crippen molar-refractivity contribution in [1.29, 1.82) is 0 Å². The summed E-state index contributed by atoms with van der Waals surface area (Å²) in [5, 5.41) is 11.1. The molecule has 0 atom stereocenters. The Balaban J connectivity index is 2.11. The van der Waals surface area contributed by atoms with Crippen molar-refractivity contribution >= 4 is 23.2 Å². The molecule has 1 aromatic carbocycles. The lowest BCUT2D eigenvalue weighted by atomic mass is 10.2. The van der Waals surface area contributed by atoms with E-state index in [0.717, 1.165) is 0 Å². The minimum Gasteiger partial charge on any atom is -0.440 e. The van der Waals surface area contributed by atoms with Crippen molar-refractivity contribution in [2.75, 3.05) is 11.9 Å². The second-order valence-electron chi connectivity index (χ2n) is 4.03. The first-order valence-corrected chi connectivity index (χ1v) is 6.44. The van der Waals surface area contributed by atoms with Crippen LogP contribution in [0.3, 0.4) is 0 Å². The van der Waals surface area contributed by atoms with Crippen LogP contribution in [0.2, 0.25) is 5.22 Å². The largest absolute Gasteiger partial charge is 0.440 e. The molecule has 21 heavy (non-hydrogen) atoms. The molecule has 0 saturated carbocycles. The minimum absolute atomic E-state index is 0.00814. The Morgan fingerprint density at radius 3 is 2.81 bits per heavy atom. The highest BCUT2D eigenvalue weighted by Gasteiger charge is 2.13. The number of anilines is 1. The molecule has 0 fully saturated rings. The predicted octanol–water partition coefficient (Wildman–Crippen LogP) is 3.06. The molecule has 1 aromatic heterocycles. The Morgan fingerprint density at radius 1 is 1.38 bits per heavy atom. The zero-order valence-electron chi connectivity index (χ0n) is 10.8. The molecule has 0 bridgehead atoms. The summed E-state index contributed by atoms with van der Waals surface area (Å²) in [7, 11) is 0. The van der Waals surface area contributed by atoms with E-state index in [4.69, 9.17) is 21.1 Å². The summed E-state index contributed by atoms with van der Waals surface area (Å²) in [5.74, 6) is 4.17. The quantitative estimate of drug-likeness (QED) is 0.857. The molecule has 0 radical (unpaired) electrons. The molecule has 2 aromatic rings. The van der Waals surface area contributed by atoms with E-state index in [1.165, 1.54) is 24.3 Å². The van der Waals surface area contributed by atoms with Gasteiger partial charge in [0.25, 0.3) is 5.91 Å². The maximum Gasteiger partial charge on any atom is 0.291 e. The molecule has 2 N–H and O–H groups in total. The number of halogens is 2. The standard InChI is InChI=1S/C15H11ClFNO3/c16-14-7-6-13(21-14)15(20)18-12-5-4-10(9-11(12)17)3-1-2-8-19/h4-7,9,19H,2,8H2,(H,18,20). The number of hydrogen-bond acceptors (Lipinski definition) is 3. The molecule has 2 rings (SSSR count). The fourth-order valence-electron chi connectivity index (χ4n) is 1.53. The van der Waals surface area contributed by atoms with Crippen molar-refractivity contribution in [1.82, 2.24) is 0 Å². The van der Waals surface area contributed by atoms with Gasteiger partial charge in [0, 0.05) is 12.0 Å². The Kier molecular flexibility index (Phi) is 4.99. The topological polar surface area (TPSA) is 62.5 Å². The number of rotatable bonds is 3. The zero-order valence-corrected chi connectivity index (χ0v) is 11.6. The van der Waals surface area contributed by atoms with Crippen LogP contribution in [0, 0.1) is 17.7 Å². The summed E-state index contributed by atoms with van der Waals surface area (Å²) in [6, 6.07) is 6.99. The molecule has 4 nitrogen and oxygen atoms in total. The molecule has 0 unspecified atom stereocenters. The van der Waals surface area contributed by atoms with Gasteiger partial charge in [-0.1, -0.05) is 11.8 Å². The van der Waals surface area contributed by atoms with E-state index in [-0.39, 0.29) is 23.3 Å². The second kappa shape index (κ2) is 6.93. The van der Waals surface area contributed by atoms with Gasteiger partial charge in [0.1, 0.15) is 5.82 Å². The van der Waals surface area contributed by atoms with E-state index in [2.05, 4.69) is 17.2 Å². The van der Waals surface area contributed by atoms with Crippen molar-refractivity contribution in [3.05, 3.63) is 52.7 Å².